The lowest BCUT2D eigenvalue weighted by molar-refractivity contribution is 0.468. The minimum Gasteiger partial charge on any atom is -0.508 e. The molecule has 4 rings (SSSR count). The molecular weight excluding hydrogens is 336 g/mol. The molecule has 0 radical (unpaired) electrons. The van der Waals surface area contributed by atoms with Crippen molar-refractivity contribution in [2.24, 2.45) is 7.05 Å². The van der Waals surface area contributed by atoms with Crippen molar-refractivity contribution in [3.05, 3.63) is 64.0 Å². The van der Waals surface area contributed by atoms with E-state index in [-0.39, 0.29) is 5.75 Å². The molecule has 0 saturated heterocycles. The Hall–Kier alpha value is -2.73. The molecule has 4 aromatic rings. The number of nitrogens with zero attached hydrogens (tertiary/aromatic N) is 2. The molecule has 5 nitrogen and oxygen atoms in total. The highest BCUT2D eigenvalue weighted by molar-refractivity contribution is 7.98. The van der Waals surface area contributed by atoms with Crippen LogP contribution >= 0.6 is 11.8 Å². The number of phenols is 1. The largest absolute Gasteiger partial charge is 0.508 e. The molecule has 25 heavy (non-hydrogen) atoms. The Balaban J connectivity index is 1.74. The van der Waals surface area contributed by atoms with Crippen LogP contribution in [0.5, 0.6) is 5.75 Å². The third-order valence-electron chi connectivity index (χ3n) is 4.32. The number of phenolic OH excluding ortho intramolecular Hbond substituents is 1. The fraction of sp³-hybridized carbons (Fsp3) is 0.158. The molecule has 0 aliphatic rings. The average Bonchev–Trinajstić information content (AvgIpc) is 2.93. The Morgan fingerprint density at radius 2 is 2.04 bits per heavy atom. The van der Waals surface area contributed by atoms with Crippen LogP contribution in [0.25, 0.3) is 22.0 Å². The summed E-state index contributed by atoms with van der Waals surface area (Å²) in [6.07, 6.45) is 0. The topological polar surface area (TPSA) is 68.3 Å². The molecule has 0 amide bonds. The molecule has 0 aliphatic heterocycles. The Bertz CT molecular complexity index is 1160. The lowest BCUT2D eigenvalue weighted by Crippen LogP contribution is -2.01. The molecule has 0 spiro atoms. The maximum atomic E-state index is 11.9. The van der Waals surface area contributed by atoms with E-state index in [4.69, 9.17) is 4.42 Å². The monoisotopic (exact) mass is 352 g/mol. The average molecular weight is 352 g/mol. The Labute approximate surface area is 147 Å². The molecule has 0 aliphatic carbocycles. The van der Waals surface area contributed by atoms with Crippen LogP contribution in [0.15, 0.2) is 56.8 Å². The number of aryl methyl sites for hydroxylation is 2. The zero-order chi connectivity index (χ0) is 17.6. The summed E-state index contributed by atoms with van der Waals surface area (Å²) < 4.78 is 7.34. The first-order valence-corrected chi connectivity index (χ1v) is 8.82. The Morgan fingerprint density at radius 1 is 1.24 bits per heavy atom. The standard InChI is InChI=1S/C19H16N2O3S/c1-11-16(22)8-7-13-12(9-17(23)24-18(11)13)10-25-19-20-14-5-3-4-6-15(14)21(19)2/h3-9,22H,10H2,1-2H3. The van der Waals surface area contributed by atoms with Crippen molar-refractivity contribution in [2.75, 3.05) is 0 Å². The highest BCUT2D eigenvalue weighted by Crippen LogP contribution is 2.31. The number of imidazole rings is 1. The van der Waals surface area contributed by atoms with Crippen LogP contribution in [-0.2, 0) is 12.8 Å². The molecule has 126 valence electrons. The van der Waals surface area contributed by atoms with Crippen LogP contribution < -0.4 is 5.63 Å². The molecule has 2 aromatic carbocycles. The van der Waals surface area contributed by atoms with Gasteiger partial charge in [-0.05, 0) is 36.8 Å². The van der Waals surface area contributed by atoms with Crippen molar-refractivity contribution >= 4 is 33.8 Å². The predicted octanol–water partition coefficient (Wildman–Crippen LogP) is 3.99. The van der Waals surface area contributed by atoms with Crippen molar-refractivity contribution in [2.45, 2.75) is 17.8 Å². The zero-order valence-electron chi connectivity index (χ0n) is 13.8. The number of hydrogen-bond acceptors (Lipinski definition) is 5. The van der Waals surface area contributed by atoms with Crippen LogP contribution in [0.2, 0.25) is 0 Å². The SMILES string of the molecule is Cc1c(O)ccc2c(CSc3nc4ccccc4n3C)cc(=O)oc12. The molecule has 0 bridgehead atoms. The summed E-state index contributed by atoms with van der Waals surface area (Å²) in [6, 6.07) is 12.9. The van der Waals surface area contributed by atoms with Crippen LogP contribution in [0, 0.1) is 6.92 Å². The first-order chi connectivity index (χ1) is 12.0. The van der Waals surface area contributed by atoms with E-state index < -0.39 is 5.63 Å². The van der Waals surface area contributed by atoms with E-state index in [9.17, 15) is 9.90 Å². The first-order valence-electron chi connectivity index (χ1n) is 7.84. The Morgan fingerprint density at radius 3 is 2.84 bits per heavy atom. The van der Waals surface area contributed by atoms with Crippen LogP contribution in [0.1, 0.15) is 11.1 Å². The van der Waals surface area contributed by atoms with Gasteiger partial charge < -0.3 is 14.1 Å². The van der Waals surface area contributed by atoms with Gasteiger partial charge in [0.15, 0.2) is 5.16 Å². The number of aromatic nitrogens is 2. The van der Waals surface area contributed by atoms with E-state index >= 15 is 0 Å². The van der Waals surface area contributed by atoms with Crippen molar-refractivity contribution < 1.29 is 9.52 Å². The van der Waals surface area contributed by atoms with Gasteiger partial charge in [0.1, 0.15) is 11.3 Å². The highest BCUT2D eigenvalue weighted by Gasteiger charge is 2.13. The van der Waals surface area contributed by atoms with E-state index in [1.54, 1.807) is 30.8 Å². The number of rotatable bonds is 3. The molecule has 0 fully saturated rings. The van der Waals surface area contributed by atoms with Crippen molar-refractivity contribution in [3.63, 3.8) is 0 Å². The second-order valence-corrected chi connectivity index (χ2v) is 6.85. The summed E-state index contributed by atoms with van der Waals surface area (Å²) in [6.45, 7) is 1.74. The van der Waals surface area contributed by atoms with E-state index in [2.05, 4.69) is 4.98 Å². The molecule has 0 saturated carbocycles. The highest BCUT2D eigenvalue weighted by atomic mass is 32.2. The van der Waals surface area contributed by atoms with Crippen molar-refractivity contribution in [1.82, 2.24) is 9.55 Å². The molecule has 6 heteroatoms. The molecule has 1 N–H and O–H groups in total. The lowest BCUT2D eigenvalue weighted by Gasteiger charge is -2.08. The number of benzene rings is 2. The third-order valence-corrected chi connectivity index (χ3v) is 5.40. The summed E-state index contributed by atoms with van der Waals surface area (Å²) in [4.78, 5) is 16.6. The molecule has 0 atom stereocenters. The zero-order valence-corrected chi connectivity index (χ0v) is 14.6. The van der Waals surface area contributed by atoms with E-state index in [1.807, 2.05) is 35.9 Å². The van der Waals surface area contributed by atoms with Crippen LogP contribution in [-0.4, -0.2) is 14.7 Å². The predicted molar refractivity (Wildman–Crippen MR) is 99.2 cm³/mol. The maximum absolute atomic E-state index is 11.9. The van der Waals surface area contributed by atoms with Gasteiger partial charge in [-0.25, -0.2) is 9.78 Å². The van der Waals surface area contributed by atoms with Gasteiger partial charge in [0, 0.05) is 29.8 Å². The number of aromatic hydroxyl groups is 1. The summed E-state index contributed by atoms with van der Waals surface area (Å²) >= 11 is 1.57. The van der Waals surface area contributed by atoms with E-state index in [0.29, 0.717) is 16.9 Å². The fourth-order valence-electron chi connectivity index (χ4n) is 2.93. The minimum absolute atomic E-state index is 0.121. The number of para-hydroxylation sites is 2. The van der Waals surface area contributed by atoms with Gasteiger partial charge in [-0.2, -0.15) is 0 Å². The van der Waals surface area contributed by atoms with Gasteiger partial charge in [-0.15, -0.1) is 0 Å². The maximum Gasteiger partial charge on any atom is 0.336 e. The van der Waals surface area contributed by atoms with Gasteiger partial charge >= 0.3 is 5.63 Å². The van der Waals surface area contributed by atoms with E-state index in [1.165, 1.54) is 6.07 Å². The smallest absolute Gasteiger partial charge is 0.336 e. The second-order valence-electron chi connectivity index (χ2n) is 5.91. The number of thioether (sulfide) groups is 1. The lowest BCUT2D eigenvalue weighted by atomic mass is 10.1. The van der Waals surface area contributed by atoms with Crippen molar-refractivity contribution in [1.29, 1.82) is 0 Å². The van der Waals surface area contributed by atoms with Gasteiger partial charge in [-0.3, -0.25) is 0 Å². The summed E-state index contributed by atoms with van der Waals surface area (Å²) in [5.74, 6) is 0.708. The van der Waals surface area contributed by atoms with Crippen LogP contribution in [0.3, 0.4) is 0 Å². The van der Waals surface area contributed by atoms with Gasteiger partial charge in [-0.1, -0.05) is 23.9 Å². The van der Waals surface area contributed by atoms with Gasteiger partial charge in [0.05, 0.1) is 11.0 Å². The number of hydrogen-bond donors (Lipinski definition) is 1. The second kappa shape index (κ2) is 5.97. The molecule has 0 unspecified atom stereocenters. The Kier molecular flexibility index (Phi) is 3.77. The summed E-state index contributed by atoms with van der Waals surface area (Å²) in [5.41, 5.74) is 3.49. The normalized spacial score (nSPS) is 11.4. The van der Waals surface area contributed by atoms with Crippen molar-refractivity contribution in [3.8, 4) is 5.75 Å². The summed E-state index contributed by atoms with van der Waals surface area (Å²) in [5, 5.41) is 11.6. The fourth-order valence-corrected chi connectivity index (χ4v) is 3.91. The molecule has 2 aromatic heterocycles. The van der Waals surface area contributed by atoms with Crippen LogP contribution in [0.4, 0.5) is 0 Å². The first kappa shape index (κ1) is 15.8. The summed E-state index contributed by atoms with van der Waals surface area (Å²) in [7, 11) is 1.98. The van der Waals surface area contributed by atoms with Gasteiger partial charge in [0.25, 0.3) is 0 Å². The minimum atomic E-state index is -0.415. The molecule has 2 heterocycles. The van der Waals surface area contributed by atoms with E-state index in [0.717, 1.165) is 27.1 Å². The molecular formula is C19H16N2O3S. The van der Waals surface area contributed by atoms with Gasteiger partial charge in [0.2, 0.25) is 0 Å². The third kappa shape index (κ3) is 2.68. The number of fused-ring (bicyclic) bond motifs is 2. The quantitative estimate of drug-likeness (QED) is 0.446.